The van der Waals surface area contributed by atoms with E-state index in [0.717, 1.165) is 16.9 Å². The molecule has 1 aromatic carbocycles. The number of hydrogen-bond acceptors (Lipinski definition) is 4. The molecule has 1 aliphatic heterocycles. The van der Waals surface area contributed by atoms with Crippen LogP contribution in [0.3, 0.4) is 0 Å². The van der Waals surface area contributed by atoms with Crippen LogP contribution in [0, 0.1) is 0 Å². The molecule has 1 atom stereocenters. The third-order valence-corrected chi connectivity index (χ3v) is 3.59. The Kier molecular flexibility index (Phi) is 4.71. The highest BCUT2D eigenvalue weighted by Gasteiger charge is 2.44. The lowest BCUT2D eigenvalue weighted by atomic mass is 10.1. The predicted octanol–water partition coefficient (Wildman–Crippen LogP) is 1.32. The molecule has 120 valence electrons. The van der Waals surface area contributed by atoms with Crippen LogP contribution in [0.1, 0.15) is 26.3 Å². The molecule has 0 bridgehead atoms. The van der Waals surface area contributed by atoms with Gasteiger partial charge in [0, 0.05) is 0 Å². The maximum Gasteiger partial charge on any atom is 0.325 e. The first-order valence-corrected chi connectivity index (χ1v) is 7.37. The van der Waals surface area contributed by atoms with Crippen LogP contribution in [0.2, 0.25) is 0 Å². The third-order valence-electron chi connectivity index (χ3n) is 3.59. The van der Waals surface area contributed by atoms with Crippen molar-refractivity contribution in [3.05, 3.63) is 29.8 Å². The first kappa shape index (κ1) is 16.3. The highest BCUT2D eigenvalue weighted by atomic mass is 16.5. The van der Waals surface area contributed by atoms with E-state index in [1.165, 1.54) is 0 Å². The largest absolute Gasteiger partial charge is 0.491 e. The van der Waals surface area contributed by atoms with Gasteiger partial charge in [0.25, 0.3) is 5.91 Å². The number of urea groups is 1. The summed E-state index contributed by atoms with van der Waals surface area (Å²) in [7, 11) is 0. The molecule has 0 saturated carbocycles. The summed E-state index contributed by atoms with van der Waals surface area (Å²) in [6.07, 6.45) is -0.0361. The number of β-amino-alcohol motifs (C(OH)–C–C–N with tert-alkyl or cyclic N) is 1. The van der Waals surface area contributed by atoms with Crippen LogP contribution >= 0.6 is 0 Å². The number of hydrogen-bond donors (Lipinski definition) is 2. The van der Waals surface area contributed by atoms with Crippen molar-refractivity contribution < 1.29 is 19.4 Å². The van der Waals surface area contributed by atoms with Gasteiger partial charge in [0.1, 0.15) is 24.0 Å². The Morgan fingerprint density at radius 3 is 2.68 bits per heavy atom. The summed E-state index contributed by atoms with van der Waals surface area (Å²) < 4.78 is 5.52. The van der Waals surface area contributed by atoms with E-state index in [2.05, 4.69) is 5.32 Å². The summed E-state index contributed by atoms with van der Waals surface area (Å²) in [5.74, 6) is 0.320. The van der Waals surface area contributed by atoms with Gasteiger partial charge in [-0.1, -0.05) is 19.1 Å². The maximum absolute atomic E-state index is 12.0. The SMILES string of the molecule is CCc1cccc(OCC(O)CN2C(=O)NC(C)(C)C2=O)c1. The van der Waals surface area contributed by atoms with Gasteiger partial charge in [-0.3, -0.25) is 9.69 Å². The predicted molar refractivity (Wildman–Crippen MR) is 81.6 cm³/mol. The van der Waals surface area contributed by atoms with E-state index in [9.17, 15) is 14.7 Å². The summed E-state index contributed by atoms with van der Waals surface area (Å²) in [5, 5.41) is 12.6. The molecule has 2 rings (SSSR count). The summed E-state index contributed by atoms with van der Waals surface area (Å²) in [6.45, 7) is 5.25. The molecule has 6 heteroatoms. The summed E-state index contributed by atoms with van der Waals surface area (Å²) >= 11 is 0. The highest BCUT2D eigenvalue weighted by molar-refractivity contribution is 6.06. The molecule has 0 aliphatic carbocycles. The van der Waals surface area contributed by atoms with Gasteiger partial charge in [0.15, 0.2) is 0 Å². The van der Waals surface area contributed by atoms with E-state index >= 15 is 0 Å². The Bertz CT molecular complexity index is 571. The van der Waals surface area contributed by atoms with Crippen LogP contribution < -0.4 is 10.1 Å². The van der Waals surface area contributed by atoms with Gasteiger partial charge in [-0.05, 0) is 38.0 Å². The molecule has 0 aromatic heterocycles. The number of aliphatic hydroxyl groups is 1. The molecular formula is C16H22N2O4. The molecule has 2 N–H and O–H groups in total. The Labute approximate surface area is 130 Å². The maximum atomic E-state index is 12.0. The van der Waals surface area contributed by atoms with Crippen molar-refractivity contribution in [3.63, 3.8) is 0 Å². The number of benzene rings is 1. The minimum absolute atomic E-state index is 0.0185. The fourth-order valence-electron chi connectivity index (χ4n) is 2.29. The molecule has 1 unspecified atom stereocenters. The van der Waals surface area contributed by atoms with Gasteiger partial charge in [0.2, 0.25) is 0 Å². The van der Waals surface area contributed by atoms with Gasteiger partial charge >= 0.3 is 6.03 Å². The number of carbonyl (C=O) groups excluding carboxylic acids is 2. The lowest BCUT2D eigenvalue weighted by Gasteiger charge is -2.19. The summed E-state index contributed by atoms with van der Waals surface area (Å²) in [6, 6.07) is 7.12. The zero-order chi connectivity index (χ0) is 16.3. The van der Waals surface area contributed by atoms with Crippen molar-refractivity contribution in [2.45, 2.75) is 38.8 Å². The number of nitrogens with one attached hydrogen (secondary N) is 1. The van der Waals surface area contributed by atoms with Crippen LogP contribution in [0.4, 0.5) is 4.79 Å². The van der Waals surface area contributed by atoms with Crippen LogP contribution in [0.25, 0.3) is 0 Å². The zero-order valence-electron chi connectivity index (χ0n) is 13.1. The quantitative estimate of drug-likeness (QED) is 0.777. The standard InChI is InChI=1S/C16H22N2O4/c1-4-11-6-5-7-13(8-11)22-10-12(19)9-18-14(20)16(2,3)17-15(18)21/h5-8,12,19H,4,9-10H2,1-3H3,(H,17,21). The van der Waals surface area contributed by atoms with E-state index in [4.69, 9.17) is 4.74 Å². The molecule has 22 heavy (non-hydrogen) atoms. The first-order valence-electron chi connectivity index (χ1n) is 7.37. The number of aryl methyl sites for hydroxylation is 1. The lowest BCUT2D eigenvalue weighted by Crippen LogP contribution is -2.42. The van der Waals surface area contributed by atoms with E-state index in [0.29, 0.717) is 5.75 Å². The molecule has 1 aromatic rings. The molecule has 0 radical (unpaired) electrons. The van der Waals surface area contributed by atoms with E-state index < -0.39 is 17.7 Å². The van der Waals surface area contributed by atoms with Gasteiger partial charge < -0.3 is 15.2 Å². The van der Waals surface area contributed by atoms with Crippen molar-refractivity contribution in [2.24, 2.45) is 0 Å². The van der Waals surface area contributed by atoms with Crippen molar-refractivity contribution in [1.29, 1.82) is 0 Å². The first-order chi connectivity index (χ1) is 10.3. The summed E-state index contributed by atoms with van der Waals surface area (Å²) in [4.78, 5) is 24.8. The average Bonchev–Trinajstić information content (AvgIpc) is 2.67. The summed E-state index contributed by atoms with van der Waals surface area (Å²) in [5.41, 5.74) is 0.218. The van der Waals surface area contributed by atoms with Gasteiger partial charge in [-0.2, -0.15) is 0 Å². The lowest BCUT2D eigenvalue weighted by molar-refractivity contribution is -0.131. The van der Waals surface area contributed by atoms with Crippen LogP contribution in [-0.2, 0) is 11.2 Å². The van der Waals surface area contributed by atoms with Crippen molar-refractivity contribution in [3.8, 4) is 5.75 Å². The second-order valence-corrected chi connectivity index (χ2v) is 5.94. The van der Waals surface area contributed by atoms with Gasteiger partial charge in [0.05, 0.1) is 6.54 Å². The average molecular weight is 306 g/mol. The number of rotatable bonds is 6. The molecule has 1 heterocycles. The van der Waals surface area contributed by atoms with Crippen molar-refractivity contribution in [2.75, 3.05) is 13.2 Å². The van der Waals surface area contributed by atoms with Crippen molar-refractivity contribution >= 4 is 11.9 Å². The number of aliphatic hydroxyl groups excluding tert-OH is 1. The number of imide groups is 1. The molecule has 1 fully saturated rings. The topological polar surface area (TPSA) is 78.9 Å². The third kappa shape index (κ3) is 3.57. The molecule has 0 spiro atoms. The molecule has 6 nitrogen and oxygen atoms in total. The van der Waals surface area contributed by atoms with Crippen molar-refractivity contribution in [1.82, 2.24) is 10.2 Å². The highest BCUT2D eigenvalue weighted by Crippen LogP contribution is 2.17. The Morgan fingerprint density at radius 1 is 1.36 bits per heavy atom. The number of ether oxygens (including phenoxy) is 1. The minimum Gasteiger partial charge on any atom is -0.491 e. The van der Waals surface area contributed by atoms with E-state index in [1.807, 2.05) is 31.2 Å². The second kappa shape index (κ2) is 6.36. The number of amides is 3. The smallest absolute Gasteiger partial charge is 0.325 e. The zero-order valence-corrected chi connectivity index (χ0v) is 13.1. The van der Waals surface area contributed by atoms with Gasteiger partial charge in [-0.25, -0.2) is 4.79 Å². The minimum atomic E-state index is -0.936. The van der Waals surface area contributed by atoms with Crippen LogP contribution in [0.15, 0.2) is 24.3 Å². The molecule has 1 saturated heterocycles. The number of carbonyl (C=O) groups is 2. The Balaban J connectivity index is 1.89. The van der Waals surface area contributed by atoms with Crippen LogP contribution in [-0.4, -0.2) is 46.7 Å². The molecular weight excluding hydrogens is 284 g/mol. The molecule has 3 amide bonds. The van der Waals surface area contributed by atoms with E-state index in [1.54, 1.807) is 13.8 Å². The Morgan fingerprint density at radius 2 is 2.09 bits per heavy atom. The Hall–Kier alpha value is -2.08. The second-order valence-electron chi connectivity index (χ2n) is 5.94. The van der Waals surface area contributed by atoms with Gasteiger partial charge in [-0.15, -0.1) is 0 Å². The molecule has 1 aliphatic rings. The fourth-order valence-corrected chi connectivity index (χ4v) is 2.29. The monoisotopic (exact) mass is 306 g/mol. The number of nitrogens with zero attached hydrogens (tertiary/aromatic N) is 1. The fraction of sp³-hybridized carbons (Fsp3) is 0.500. The van der Waals surface area contributed by atoms with E-state index in [-0.39, 0.29) is 19.1 Å². The van der Waals surface area contributed by atoms with Crippen LogP contribution in [0.5, 0.6) is 5.75 Å². The normalized spacial score (nSPS) is 18.3.